The lowest BCUT2D eigenvalue weighted by Crippen LogP contribution is -2.34. The van der Waals surface area contributed by atoms with Gasteiger partial charge in [-0.1, -0.05) is 41.9 Å². The molecule has 0 amide bonds. The lowest BCUT2D eigenvalue weighted by atomic mass is 9.86. The van der Waals surface area contributed by atoms with Gasteiger partial charge in [-0.05, 0) is 41.7 Å². The second kappa shape index (κ2) is 6.24. The minimum atomic E-state index is -1.18. The van der Waals surface area contributed by atoms with E-state index < -0.39 is 5.60 Å². The van der Waals surface area contributed by atoms with Gasteiger partial charge in [-0.2, -0.15) is 5.10 Å². The van der Waals surface area contributed by atoms with Gasteiger partial charge in [0.05, 0.1) is 6.54 Å². The number of benzene rings is 2. The summed E-state index contributed by atoms with van der Waals surface area (Å²) in [5.74, 6) is -0.195. The van der Waals surface area contributed by atoms with E-state index in [4.69, 9.17) is 11.6 Å². The molecule has 2 unspecified atom stereocenters. The van der Waals surface area contributed by atoms with Crippen LogP contribution in [0.5, 0.6) is 0 Å². The first-order valence-corrected chi connectivity index (χ1v) is 8.51. The van der Waals surface area contributed by atoms with Crippen LogP contribution in [0.1, 0.15) is 23.5 Å². The Morgan fingerprint density at radius 1 is 1.20 bits per heavy atom. The Hall–Kier alpha value is -2.24. The van der Waals surface area contributed by atoms with Crippen molar-refractivity contribution in [3.63, 3.8) is 0 Å². The van der Waals surface area contributed by atoms with Gasteiger partial charge in [-0.15, -0.1) is 0 Å². The van der Waals surface area contributed by atoms with E-state index in [1.807, 2.05) is 24.3 Å². The van der Waals surface area contributed by atoms with Crippen LogP contribution in [0.2, 0.25) is 5.02 Å². The Morgan fingerprint density at radius 2 is 1.96 bits per heavy atom. The van der Waals surface area contributed by atoms with E-state index in [1.54, 1.807) is 23.1 Å². The average molecular weight is 358 g/mol. The third-order valence-corrected chi connectivity index (χ3v) is 5.27. The van der Waals surface area contributed by atoms with Crippen LogP contribution < -0.4 is 0 Å². The van der Waals surface area contributed by atoms with Crippen LogP contribution in [-0.2, 0) is 12.1 Å². The van der Waals surface area contributed by atoms with Crippen molar-refractivity contribution in [2.24, 2.45) is 5.92 Å². The third kappa shape index (κ3) is 3.05. The molecule has 3 atom stereocenters. The molecule has 25 heavy (non-hydrogen) atoms. The topological polar surface area (TPSA) is 50.9 Å². The maximum atomic E-state index is 13.3. The molecular weight excluding hydrogens is 341 g/mol. The van der Waals surface area contributed by atoms with E-state index in [9.17, 15) is 9.50 Å². The van der Waals surface area contributed by atoms with Gasteiger partial charge < -0.3 is 5.11 Å². The highest BCUT2D eigenvalue weighted by Crippen LogP contribution is 2.58. The normalized spacial score (nSPS) is 21.7. The number of aromatic nitrogens is 3. The molecule has 6 heteroatoms. The van der Waals surface area contributed by atoms with Gasteiger partial charge >= 0.3 is 0 Å². The van der Waals surface area contributed by atoms with Crippen LogP contribution in [0.4, 0.5) is 4.39 Å². The van der Waals surface area contributed by atoms with Crippen LogP contribution >= 0.6 is 11.6 Å². The zero-order valence-electron chi connectivity index (χ0n) is 13.4. The lowest BCUT2D eigenvalue weighted by Gasteiger charge is -2.29. The van der Waals surface area contributed by atoms with Gasteiger partial charge in [0.25, 0.3) is 0 Å². The van der Waals surface area contributed by atoms with Crippen molar-refractivity contribution in [2.75, 3.05) is 0 Å². The molecule has 4 nitrogen and oxygen atoms in total. The SMILES string of the molecule is OC(Cn1cncn1)(c1ccc(F)cc1)C1C[C@H]1c1ccccc1Cl. The average Bonchev–Trinajstić information content (AvgIpc) is 3.26. The predicted octanol–water partition coefficient (Wildman–Crippen LogP) is 3.76. The van der Waals surface area contributed by atoms with E-state index >= 15 is 0 Å². The molecule has 1 heterocycles. The van der Waals surface area contributed by atoms with Crippen molar-refractivity contribution >= 4 is 11.6 Å². The fraction of sp³-hybridized carbons (Fsp3) is 0.263. The standard InChI is InChI=1S/C19H17ClFN3O/c20-18-4-2-1-3-15(18)16-9-17(16)19(25,10-24-12-22-11-23-24)13-5-7-14(21)8-6-13/h1-8,11-12,16-17,25H,9-10H2/t16-,17?,19?/m0/s1. The highest BCUT2D eigenvalue weighted by Gasteiger charge is 2.54. The molecule has 1 aliphatic rings. The van der Waals surface area contributed by atoms with Crippen LogP contribution in [-0.4, -0.2) is 19.9 Å². The summed E-state index contributed by atoms with van der Waals surface area (Å²) in [6.45, 7) is 0.254. The Balaban J connectivity index is 1.69. The molecule has 4 rings (SSSR count). The Labute approximate surface area is 149 Å². The van der Waals surface area contributed by atoms with E-state index in [0.717, 1.165) is 12.0 Å². The van der Waals surface area contributed by atoms with Crippen LogP contribution in [0.3, 0.4) is 0 Å². The number of aliphatic hydroxyl groups is 1. The molecule has 0 spiro atoms. The molecule has 3 aromatic rings. The number of rotatable bonds is 5. The maximum absolute atomic E-state index is 13.3. The molecule has 0 bridgehead atoms. The first-order valence-electron chi connectivity index (χ1n) is 8.13. The first-order chi connectivity index (χ1) is 12.1. The highest BCUT2D eigenvalue weighted by molar-refractivity contribution is 6.31. The van der Waals surface area contributed by atoms with E-state index in [-0.39, 0.29) is 24.2 Å². The molecule has 1 fully saturated rings. The van der Waals surface area contributed by atoms with Crippen LogP contribution in [0, 0.1) is 11.7 Å². The monoisotopic (exact) mass is 357 g/mol. The van der Waals surface area contributed by atoms with Crippen molar-refractivity contribution < 1.29 is 9.50 Å². The summed E-state index contributed by atoms with van der Waals surface area (Å²) < 4.78 is 14.9. The largest absolute Gasteiger partial charge is 0.383 e. The molecular formula is C19H17ClFN3O. The summed E-state index contributed by atoms with van der Waals surface area (Å²) >= 11 is 6.33. The molecule has 0 saturated heterocycles. The van der Waals surface area contributed by atoms with Gasteiger partial charge in [0.1, 0.15) is 24.1 Å². The number of hydrogen-bond donors (Lipinski definition) is 1. The number of hydrogen-bond acceptors (Lipinski definition) is 3. The number of nitrogens with zero attached hydrogens (tertiary/aromatic N) is 3. The molecule has 1 saturated carbocycles. The van der Waals surface area contributed by atoms with Gasteiger partial charge in [0.2, 0.25) is 0 Å². The number of halogens is 2. The van der Waals surface area contributed by atoms with E-state index in [1.165, 1.54) is 18.5 Å². The lowest BCUT2D eigenvalue weighted by molar-refractivity contribution is -0.00974. The molecule has 0 radical (unpaired) electrons. The van der Waals surface area contributed by atoms with Crippen molar-refractivity contribution in [3.8, 4) is 0 Å². The van der Waals surface area contributed by atoms with Crippen LogP contribution in [0.25, 0.3) is 0 Å². The fourth-order valence-electron chi connectivity index (χ4n) is 3.56. The fourth-order valence-corrected chi connectivity index (χ4v) is 3.84. The van der Waals surface area contributed by atoms with Crippen molar-refractivity contribution in [1.29, 1.82) is 0 Å². The second-order valence-electron chi connectivity index (χ2n) is 6.49. The molecule has 2 aromatic carbocycles. The minimum Gasteiger partial charge on any atom is -0.383 e. The smallest absolute Gasteiger partial charge is 0.137 e. The van der Waals surface area contributed by atoms with Gasteiger partial charge in [-0.25, -0.2) is 14.1 Å². The first kappa shape index (κ1) is 16.2. The van der Waals surface area contributed by atoms with Crippen molar-refractivity contribution in [3.05, 3.63) is 83.2 Å². The molecule has 1 aliphatic carbocycles. The Bertz CT molecular complexity index is 869. The molecule has 128 valence electrons. The highest BCUT2D eigenvalue weighted by atomic mass is 35.5. The summed E-state index contributed by atoms with van der Waals surface area (Å²) in [4.78, 5) is 3.94. The van der Waals surface area contributed by atoms with Crippen LogP contribution in [0.15, 0.2) is 61.2 Å². The van der Waals surface area contributed by atoms with Gasteiger partial charge in [0, 0.05) is 10.9 Å². The Kier molecular flexibility index (Phi) is 4.06. The summed E-state index contributed by atoms with van der Waals surface area (Å²) in [5.41, 5.74) is 0.530. The minimum absolute atomic E-state index is 0.0259. The summed E-state index contributed by atoms with van der Waals surface area (Å²) in [6.07, 6.45) is 3.82. The zero-order valence-corrected chi connectivity index (χ0v) is 14.1. The third-order valence-electron chi connectivity index (χ3n) is 4.92. The second-order valence-corrected chi connectivity index (χ2v) is 6.90. The maximum Gasteiger partial charge on any atom is 0.137 e. The summed E-state index contributed by atoms with van der Waals surface area (Å²) in [5, 5.41) is 16.4. The molecule has 0 aliphatic heterocycles. The Morgan fingerprint density at radius 3 is 2.64 bits per heavy atom. The predicted molar refractivity (Wildman–Crippen MR) is 92.6 cm³/mol. The van der Waals surface area contributed by atoms with Crippen molar-refractivity contribution in [1.82, 2.24) is 14.8 Å². The quantitative estimate of drug-likeness (QED) is 0.756. The van der Waals surface area contributed by atoms with Crippen molar-refractivity contribution in [2.45, 2.75) is 24.5 Å². The van der Waals surface area contributed by atoms with Gasteiger partial charge in [-0.3, -0.25) is 0 Å². The zero-order chi connectivity index (χ0) is 17.4. The van der Waals surface area contributed by atoms with Gasteiger partial charge in [0.15, 0.2) is 0 Å². The summed E-state index contributed by atoms with van der Waals surface area (Å²) in [6, 6.07) is 13.7. The van der Waals surface area contributed by atoms with E-state index in [0.29, 0.717) is 10.6 Å². The molecule has 1 N–H and O–H groups in total. The summed E-state index contributed by atoms with van der Waals surface area (Å²) in [7, 11) is 0. The van der Waals surface area contributed by atoms with E-state index in [2.05, 4.69) is 10.1 Å². The molecule has 1 aromatic heterocycles.